The average molecular weight is 330 g/mol. The molecule has 2 aromatic heterocycles. The number of hydrogen-bond donors (Lipinski definition) is 0. The molecule has 0 saturated carbocycles. The van der Waals surface area contributed by atoms with Gasteiger partial charge in [-0.05, 0) is 49.3 Å². The molecule has 2 heterocycles. The third-order valence-corrected chi connectivity index (χ3v) is 3.73. The Morgan fingerprint density at radius 1 is 1.10 bits per heavy atom. The normalized spacial score (nSPS) is 10.6. The summed E-state index contributed by atoms with van der Waals surface area (Å²) in [6.07, 6.45) is 1.58. The molecule has 0 bridgehead atoms. The van der Waals surface area contributed by atoms with Crippen molar-refractivity contribution in [2.24, 2.45) is 0 Å². The minimum absolute atomic E-state index is 0.179. The van der Waals surface area contributed by atoms with Crippen LogP contribution in [0.2, 0.25) is 10.3 Å². The average Bonchev–Trinajstić information content (AvgIpc) is 2.42. The van der Waals surface area contributed by atoms with Crippen molar-refractivity contribution in [2.45, 2.75) is 24.0 Å². The highest BCUT2D eigenvalue weighted by Crippen LogP contribution is 2.25. The summed E-state index contributed by atoms with van der Waals surface area (Å²) in [7, 11) is 0. The zero-order valence-electron chi connectivity index (χ0n) is 11.0. The predicted molar refractivity (Wildman–Crippen MR) is 81.8 cm³/mol. The third-order valence-electron chi connectivity index (χ3n) is 2.52. The summed E-state index contributed by atoms with van der Waals surface area (Å²) in [6, 6.07) is 3.58. The van der Waals surface area contributed by atoms with Crippen LogP contribution in [0.5, 0.6) is 0 Å². The molecule has 0 atom stereocenters. The number of anilines is 1. The van der Waals surface area contributed by atoms with Crippen LogP contribution in [0, 0.1) is 0 Å². The summed E-state index contributed by atoms with van der Waals surface area (Å²) >= 11 is 13.1. The minimum Gasteiger partial charge on any atom is -0.341 e. The van der Waals surface area contributed by atoms with Crippen molar-refractivity contribution in [3.8, 4) is 0 Å². The SMILES string of the molecule is CCN(CC)c1nc(Cl)nc(Sc2ccc(Cl)cn2)n1. The number of aromatic nitrogens is 4. The van der Waals surface area contributed by atoms with Gasteiger partial charge in [-0.25, -0.2) is 4.98 Å². The van der Waals surface area contributed by atoms with Crippen molar-refractivity contribution in [3.05, 3.63) is 28.6 Å². The summed E-state index contributed by atoms with van der Waals surface area (Å²) < 4.78 is 0. The Hall–Kier alpha value is -1.11. The molecule has 0 spiro atoms. The van der Waals surface area contributed by atoms with Gasteiger partial charge in [-0.1, -0.05) is 11.6 Å². The predicted octanol–water partition coefficient (Wildman–Crippen LogP) is 3.57. The third kappa shape index (κ3) is 3.94. The van der Waals surface area contributed by atoms with Gasteiger partial charge < -0.3 is 4.90 Å². The Balaban J connectivity index is 2.25. The molecule has 2 aromatic rings. The summed E-state index contributed by atoms with van der Waals surface area (Å²) in [5.74, 6) is 0.575. The Morgan fingerprint density at radius 3 is 2.45 bits per heavy atom. The second kappa shape index (κ2) is 7.06. The smallest absolute Gasteiger partial charge is 0.230 e. The van der Waals surface area contributed by atoms with E-state index in [0.717, 1.165) is 18.1 Å². The maximum Gasteiger partial charge on any atom is 0.230 e. The first-order chi connectivity index (χ1) is 9.62. The maximum absolute atomic E-state index is 5.96. The molecule has 2 rings (SSSR count). The van der Waals surface area contributed by atoms with Crippen LogP contribution in [0.4, 0.5) is 5.95 Å². The van der Waals surface area contributed by atoms with Crippen molar-refractivity contribution >= 4 is 40.9 Å². The van der Waals surface area contributed by atoms with Crippen LogP contribution in [-0.2, 0) is 0 Å². The fraction of sp³-hybridized carbons (Fsp3) is 0.333. The fourth-order valence-corrected chi connectivity index (χ4v) is 2.54. The van der Waals surface area contributed by atoms with E-state index in [4.69, 9.17) is 23.2 Å². The molecule has 0 radical (unpaired) electrons. The molecule has 5 nitrogen and oxygen atoms in total. The van der Waals surface area contributed by atoms with E-state index in [9.17, 15) is 0 Å². The lowest BCUT2D eigenvalue weighted by atomic mass is 10.5. The van der Waals surface area contributed by atoms with Gasteiger partial charge in [0.05, 0.1) is 5.02 Å². The number of nitrogens with zero attached hydrogens (tertiary/aromatic N) is 5. The van der Waals surface area contributed by atoms with Gasteiger partial charge in [0, 0.05) is 19.3 Å². The lowest BCUT2D eigenvalue weighted by molar-refractivity contribution is 0.781. The molecule has 20 heavy (non-hydrogen) atoms. The first-order valence-electron chi connectivity index (χ1n) is 6.08. The van der Waals surface area contributed by atoms with Crippen LogP contribution in [0.1, 0.15) is 13.8 Å². The quantitative estimate of drug-likeness (QED) is 0.835. The highest BCUT2D eigenvalue weighted by atomic mass is 35.5. The van der Waals surface area contributed by atoms with Gasteiger partial charge in [0.2, 0.25) is 11.2 Å². The first-order valence-corrected chi connectivity index (χ1v) is 7.65. The van der Waals surface area contributed by atoms with Crippen LogP contribution in [0.15, 0.2) is 28.5 Å². The standard InChI is InChI=1S/C12H13Cl2N5S/c1-3-19(4-2)11-16-10(14)17-12(18-11)20-9-6-5-8(13)7-15-9/h5-7H,3-4H2,1-2H3. The summed E-state index contributed by atoms with van der Waals surface area (Å²) in [4.78, 5) is 18.9. The van der Waals surface area contributed by atoms with Gasteiger partial charge in [-0.2, -0.15) is 15.0 Å². The van der Waals surface area contributed by atoms with E-state index < -0.39 is 0 Å². The summed E-state index contributed by atoms with van der Waals surface area (Å²) in [5.41, 5.74) is 0. The fourth-order valence-electron chi connectivity index (χ4n) is 1.53. The van der Waals surface area contributed by atoms with Crippen molar-refractivity contribution in [1.82, 2.24) is 19.9 Å². The Labute approximate surface area is 131 Å². The molecule has 0 aliphatic carbocycles. The topological polar surface area (TPSA) is 54.8 Å². The Kier molecular flexibility index (Phi) is 5.39. The molecule has 0 N–H and O–H groups in total. The minimum atomic E-state index is 0.179. The van der Waals surface area contributed by atoms with Gasteiger partial charge in [-0.3, -0.25) is 0 Å². The van der Waals surface area contributed by atoms with Gasteiger partial charge in [0.1, 0.15) is 5.03 Å². The highest BCUT2D eigenvalue weighted by Gasteiger charge is 2.11. The van der Waals surface area contributed by atoms with E-state index in [2.05, 4.69) is 19.9 Å². The number of pyridine rings is 1. The van der Waals surface area contributed by atoms with E-state index in [0.29, 0.717) is 16.1 Å². The Morgan fingerprint density at radius 2 is 1.85 bits per heavy atom. The Bertz CT molecular complexity index is 575. The lowest BCUT2D eigenvalue weighted by Crippen LogP contribution is -2.24. The molecule has 0 aliphatic rings. The van der Waals surface area contributed by atoms with Gasteiger partial charge in [0.15, 0.2) is 5.16 Å². The van der Waals surface area contributed by atoms with Crippen LogP contribution in [-0.4, -0.2) is 33.0 Å². The van der Waals surface area contributed by atoms with E-state index in [1.54, 1.807) is 12.3 Å². The van der Waals surface area contributed by atoms with E-state index in [-0.39, 0.29) is 5.28 Å². The largest absolute Gasteiger partial charge is 0.341 e. The molecule has 0 aromatic carbocycles. The number of hydrogen-bond acceptors (Lipinski definition) is 6. The second-order valence-electron chi connectivity index (χ2n) is 3.78. The van der Waals surface area contributed by atoms with E-state index in [1.807, 2.05) is 24.8 Å². The molecule has 0 saturated heterocycles. The molecule has 0 amide bonds. The molecule has 0 fully saturated rings. The summed E-state index contributed by atoms with van der Waals surface area (Å²) in [6.45, 7) is 5.68. The van der Waals surface area contributed by atoms with Crippen molar-refractivity contribution in [2.75, 3.05) is 18.0 Å². The molecule has 106 valence electrons. The van der Waals surface area contributed by atoms with Crippen molar-refractivity contribution in [3.63, 3.8) is 0 Å². The van der Waals surface area contributed by atoms with Crippen LogP contribution < -0.4 is 4.90 Å². The maximum atomic E-state index is 5.96. The second-order valence-corrected chi connectivity index (χ2v) is 5.54. The van der Waals surface area contributed by atoms with Gasteiger partial charge >= 0.3 is 0 Å². The molecule has 8 heteroatoms. The van der Waals surface area contributed by atoms with E-state index >= 15 is 0 Å². The summed E-state index contributed by atoms with van der Waals surface area (Å²) in [5, 5.41) is 2.04. The molecule has 0 unspecified atom stereocenters. The van der Waals surface area contributed by atoms with Crippen molar-refractivity contribution < 1.29 is 0 Å². The highest BCUT2D eigenvalue weighted by molar-refractivity contribution is 7.99. The monoisotopic (exact) mass is 329 g/mol. The molecule has 0 aliphatic heterocycles. The molecular weight excluding hydrogens is 317 g/mol. The van der Waals surface area contributed by atoms with Crippen molar-refractivity contribution in [1.29, 1.82) is 0 Å². The zero-order chi connectivity index (χ0) is 14.5. The molecular formula is C12H13Cl2N5S. The van der Waals surface area contributed by atoms with Crippen LogP contribution >= 0.6 is 35.0 Å². The number of halogens is 2. The van der Waals surface area contributed by atoms with Gasteiger partial charge in [-0.15, -0.1) is 0 Å². The van der Waals surface area contributed by atoms with Crippen LogP contribution in [0.25, 0.3) is 0 Å². The van der Waals surface area contributed by atoms with Gasteiger partial charge in [0.25, 0.3) is 0 Å². The van der Waals surface area contributed by atoms with E-state index in [1.165, 1.54) is 11.8 Å². The lowest BCUT2D eigenvalue weighted by Gasteiger charge is -2.18. The number of rotatable bonds is 5. The zero-order valence-corrected chi connectivity index (χ0v) is 13.4. The first kappa shape index (κ1) is 15.3. The van der Waals surface area contributed by atoms with Crippen LogP contribution in [0.3, 0.4) is 0 Å².